The van der Waals surface area contributed by atoms with Gasteiger partial charge in [-0.25, -0.2) is 9.18 Å². The molecule has 0 radical (unpaired) electrons. The van der Waals surface area contributed by atoms with Crippen molar-refractivity contribution in [3.05, 3.63) is 89.7 Å². The number of ether oxygens (including phenoxy) is 1. The van der Waals surface area contributed by atoms with Gasteiger partial charge in [-0.3, -0.25) is 0 Å². The second-order valence-corrected chi connectivity index (χ2v) is 6.65. The smallest absolute Gasteiger partial charge is 0.339 e. The van der Waals surface area contributed by atoms with Crippen LogP contribution in [0.25, 0.3) is 0 Å². The lowest BCUT2D eigenvalue weighted by atomic mass is 10.1. The predicted molar refractivity (Wildman–Crippen MR) is 103 cm³/mol. The van der Waals surface area contributed by atoms with Crippen LogP contribution in [0.4, 0.5) is 15.8 Å². The van der Waals surface area contributed by atoms with Gasteiger partial charge in [-0.15, -0.1) is 11.8 Å². The second-order valence-electron chi connectivity index (χ2n) is 5.61. The number of rotatable bonds is 6. The monoisotopic (exact) mass is 367 g/mol. The van der Waals surface area contributed by atoms with E-state index in [9.17, 15) is 9.18 Å². The summed E-state index contributed by atoms with van der Waals surface area (Å²) in [5.74, 6) is 0.0393. The van der Waals surface area contributed by atoms with Crippen LogP contribution in [0.2, 0.25) is 0 Å². The quantitative estimate of drug-likeness (QED) is 0.451. The highest BCUT2D eigenvalue weighted by Crippen LogP contribution is 2.28. The molecule has 0 heterocycles. The van der Waals surface area contributed by atoms with Crippen LogP contribution < -0.4 is 5.32 Å². The van der Waals surface area contributed by atoms with Gasteiger partial charge in [-0.05, 0) is 54.1 Å². The molecule has 1 N–H and O–H groups in total. The summed E-state index contributed by atoms with van der Waals surface area (Å²) in [5, 5.41) is 3.18. The fraction of sp³-hybridized carbons (Fsp3) is 0.0952. The van der Waals surface area contributed by atoms with Gasteiger partial charge in [0.2, 0.25) is 0 Å². The number of methoxy groups -OCH3 is 1. The van der Waals surface area contributed by atoms with Crippen LogP contribution in [0, 0.1) is 5.82 Å². The van der Waals surface area contributed by atoms with Gasteiger partial charge in [0.25, 0.3) is 0 Å². The van der Waals surface area contributed by atoms with Crippen LogP contribution in [0.3, 0.4) is 0 Å². The average molecular weight is 367 g/mol. The van der Waals surface area contributed by atoms with E-state index in [1.807, 2.05) is 30.3 Å². The summed E-state index contributed by atoms with van der Waals surface area (Å²) in [5.41, 5.74) is 2.83. The van der Waals surface area contributed by atoms with Crippen LogP contribution in [-0.4, -0.2) is 13.1 Å². The topological polar surface area (TPSA) is 38.3 Å². The number of hydrogen-bond acceptors (Lipinski definition) is 4. The van der Waals surface area contributed by atoms with Crippen LogP contribution >= 0.6 is 11.8 Å². The first-order valence-electron chi connectivity index (χ1n) is 8.07. The fourth-order valence-corrected chi connectivity index (χ4v) is 3.31. The average Bonchev–Trinajstić information content (AvgIpc) is 2.68. The largest absolute Gasteiger partial charge is 0.465 e. The minimum atomic E-state index is -0.420. The third-order valence-corrected chi connectivity index (χ3v) is 4.84. The van der Waals surface area contributed by atoms with Gasteiger partial charge in [0.15, 0.2) is 0 Å². The summed E-state index contributed by atoms with van der Waals surface area (Å²) in [7, 11) is 1.35. The van der Waals surface area contributed by atoms with Crippen molar-refractivity contribution in [2.24, 2.45) is 0 Å². The second kappa shape index (κ2) is 8.54. The van der Waals surface area contributed by atoms with Crippen LogP contribution in [0.15, 0.2) is 77.7 Å². The first-order valence-corrected chi connectivity index (χ1v) is 9.06. The maximum atomic E-state index is 13.1. The van der Waals surface area contributed by atoms with Gasteiger partial charge in [-0.2, -0.15) is 0 Å². The molecule has 132 valence electrons. The molecule has 0 unspecified atom stereocenters. The number of halogens is 1. The van der Waals surface area contributed by atoms with Crippen molar-refractivity contribution in [2.75, 3.05) is 12.4 Å². The molecule has 5 heteroatoms. The van der Waals surface area contributed by atoms with Gasteiger partial charge in [0.1, 0.15) is 5.82 Å². The molecule has 3 nitrogen and oxygen atoms in total. The van der Waals surface area contributed by atoms with Crippen molar-refractivity contribution >= 4 is 29.1 Å². The van der Waals surface area contributed by atoms with Crippen LogP contribution in [0.5, 0.6) is 0 Å². The summed E-state index contributed by atoms with van der Waals surface area (Å²) in [6, 6.07) is 21.7. The Balaban J connectivity index is 1.83. The number of anilines is 2. The number of carbonyl (C=O) groups is 1. The summed E-state index contributed by atoms with van der Waals surface area (Å²) in [4.78, 5) is 13.2. The van der Waals surface area contributed by atoms with Crippen molar-refractivity contribution in [3.8, 4) is 0 Å². The van der Waals surface area contributed by atoms with Crippen molar-refractivity contribution in [3.63, 3.8) is 0 Å². The van der Waals surface area contributed by atoms with E-state index in [2.05, 4.69) is 17.4 Å². The van der Waals surface area contributed by atoms with E-state index in [0.717, 1.165) is 11.3 Å². The maximum absolute atomic E-state index is 13.1. The summed E-state index contributed by atoms with van der Waals surface area (Å²) in [6.07, 6.45) is 0. The number of thioether (sulfide) groups is 1. The highest BCUT2D eigenvalue weighted by atomic mass is 32.2. The van der Waals surface area contributed by atoms with Crippen molar-refractivity contribution in [1.29, 1.82) is 0 Å². The molecule has 0 aliphatic heterocycles. The summed E-state index contributed by atoms with van der Waals surface area (Å²) in [6.45, 7) is 0. The van der Waals surface area contributed by atoms with Crippen molar-refractivity contribution < 1.29 is 13.9 Å². The van der Waals surface area contributed by atoms with Gasteiger partial charge < -0.3 is 10.1 Å². The fourth-order valence-electron chi connectivity index (χ4n) is 2.44. The Morgan fingerprint density at radius 3 is 2.46 bits per heavy atom. The van der Waals surface area contributed by atoms with E-state index in [1.54, 1.807) is 30.0 Å². The molecule has 0 amide bonds. The Morgan fingerprint density at radius 1 is 1.04 bits per heavy atom. The summed E-state index contributed by atoms with van der Waals surface area (Å²) < 4.78 is 18.0. The minimum Gasteiger partial charge on any atom is -0.465 e. The first kappa shape index (κ1) is 18.0. The van der Waals surface area contributed by atoms with E-state index in [4.69, 9.17) is 4.74 Å². The molecule has 0 aliphatic carbocycles. The Kier molecular flexibility index (Phi) is 5.92. The standard InChI is InChI=1S/C21H18FNO2S/c1-25-21(24)19-12-7-15(14-26-18-5-3-2-4-6-18)13-20(19)23-17-10-8-16(22)9-11-17/h2-13,23H,14H2,1H3. The number of esters is 1. The number of nitrogens with one attached hydrogen (secondary N) is 1. The number of hydrogen-bond donors (Lipinski definition) is 1. The molecule has 0 fully saturated rings. The third-order valence-electron chi connectivity index (χ3n) is 3.76. The van der Waals surface area contributed by atoms with E-state index >= 15 is 0 Å². The van der Waals surface area contributed by atoms with Gasteiger partial charge in [0.05, 0.1) is 18.4 Å². The Morgan fingerprint density at radius 2 is 1.77 bits per heavy atom. The zero-order chi connectivity index (χ0) is 18.4. The molecule has 0 spiro atoms. The van der Waals surface area contributed by atoms with E-state index in [-0.39, 0.29) is 5.82 Å². The number of carbonyl (C=O) groups excluding carboxylic acids is 1. The molecule has 26 heavy (non-hydrogen) atoms. The molecule has 0 aromatic heterocycles. The SMILES string of the molecule is COC(=O)c1ccc(CSc2ccccc2)cc1Nc1ccc(F)cc1. The molecular formula is C21H18FNO2S. The molecule has 3 aromatic rings. The molecule has 0 saturated carbocycles. The van der Waals surface area contributed by atoms with Crippen LogP contribution in [-0.2, 0) is 10.5 Å². The molecule has 0 saturated heterocycles. The zero-order valence-corrected chi connectivity index (χ0v) is 15.1. The van der Waals surface area contributed by atoms with Gasteiger partial charge >= 0.3 is 5.97 Å². The normalized spacial score (nSPS) is 10.4. The predicted octanol–water partition coefficient (Wildman–Crippen LogP) is 5.65. The van der Waals surface area contributed by atoms with Gasteiger partial charge in [-0.1, -0.05) is 24.3 Å². The highest BCUT2D eigenvalue weighted by molar-refractivity contribution is 7.98. The summed E-state index contributed by atoms with van der Waals surface area (Å²) >= 11 is 1.72. The molecule has 3 aromatic carbocycles. The lowest BCUT2D eigenvalue weighted by Gasteiger charge is -2.13. The lowest BCUT2D eigenvalue weighted by molar-refractivity contribution is 0.0602. The van der Waals surface area contributed by atoms with E-state index < -0.39 is 5.97 Å². The lowest BCUT2D eigenvalue weighted by Crippen LogP contribution is -2.06. The molecule has 0 bridgehead atoms. The molecule has 0 aliphatic rings. The minimum absolute atomic E-state index is 0.309. The Labute approximate surface area is 156 Å². The molecule has 0 atom stereocenters. The van der Waals surface area contributed by atoms with Crippen molar-refractivity contribution in [1.82, 2.24) is 0 Å². The van der Waals surface area contributed by atoms with Gasteiger partial charge in [0, 0.05) is 16.3 Å². The molecular weight excluding hydrogens is 349 g/mol. The molecule has 3 rings (SSSR count). The third kappa shape index (κ3) is 4.64. The van der Waals surface area contributed by atoms with E-state index in [1.165, 1.54) is 24.1 Å². The van der Waals surface area contributed by atoms with Crippen molar-refractivity contribution in [2.45, 2.75) is 10.6 Å². The zero-order valence-electron chi connectivity index (χ0n) is 14.2. The maximum Gasteiger partial charge on any atom is 0.339 e. The first-order chi connectivity index (χ1) is 12.7. The highest BCUT2D eigenvalue weighted by Gasteiger charge is 2.13. The number of benzene rings is 3. The van der Waals surface area contributed by atoms with Crippen LogP contribution in [0.1, 0.15) is 15.9 Å². The van der Waals surface area contributed by atoms with E-state index in [0.29, 0.717) is 16.9 Å². The Bertz CT molecular complexity index is 882. The Hall–Kier alpha value is -2.79.